The zero-order valence-electron chi connectivity index (χ0n) is 20.1. The fourth-order valence-corrected chi connectivity index (χ4v) is 5.01. The van der Waals surface area contributed by atoms with Crippen molar-refractivity contribution in [1.29, 1.82) is 5.26 Å². The topological polar surface area (TPSA) is 91.6 Å². The van der Waals surface area contributed by atoms with Crippen LogP contribution in [0.1, 0.15) is 36.7 Å². The van der Waals surface area contributed by atoms with Gasteiger partial charge in [0.15, 0.2) is 5.82 Å². The molecule has 0 amide bonds. The molecule has 0 fully saturated rings. The summed E-state index contributed by atoms with van der Waals surface area (Å²) in [7, 11) is -2.58. The molecule has 0 spiro atoms. The van der Waals surface area contributed by atoms with Crippen LogP contribution < -0.4 is 10.8 Å². The molecule has 3 heterocycles. The van der Waals surface area contributed by atoms with E-state index in [2.05, 4.69) is 20.3 Å². The highest BCUT2D eigenvalue weighted by atomic mass is 35.5. The van der Waals surface area contributed by atoms with E-state index in [-0.39, 0.29) is 21.8 Å². The second-order valence-corrected chi connectivity index (χ2v) is 12.3. The maximum Gasteiger partial charge on any atom is 0.151 e. The number of halogens is 3. The summed E-state index contributed by atoms with van der Waals surface area (Å²) in [4.78, 5) is 13.2. The normalized spacial score (nSPS) is 13.7. The summed E-state index contributed by atoms with van der Waals surface area (Å²) < 4.78 is 42.3. The van der Waals surface area contributed by atoms with E-state index in [1.165, 1.54) is 30.5 Å². The van der Waals surface area contributed by atoms with Gasteiger partial charge in [0, 0.05) is 29.6 Å². The number of nitrogens with zero attached hydrogens (tertiary/aromatic N) is 4. The van der Waals surface area contributed by atoms with Gasteiger partial charge in [0.2, 0.25) is 0 Å². The molecular weight excluding hydrogens is 503 g/mol. The van der Waals surface area contributed by atoms with Crippen LogP contribution in [0.15, 0.2) is 42.6 Å². The number of nitriles is 1. The van der Waals surface area contributed by atoms with Gasteiger partial charge in [0.05, 0.1) is 45.0 Å². The van der Waals surface area contributed by atoms with Crippen LogP contribution in [0.25, 0.3) is 22.3 Å². The van der Waals surface area contributed by atoms with Gasteiger partial charge in [0.25, 0.3) is 0 Å². The number of hydrogen-bond donors (Lipinski definition) is 1. The predicted octanol–water partition coefficient (Wildman–Crippen LogP) is 6.61. The van der Waals surface area contributed by atoms with E-state index in [1.54, 1.807) is 32.6 Å². The van der Waals surface area contributed by atoms with Crippen molar-refractivity contribution in [1.82, 2.24) is 15.0 Å². The Bertz CT molecular complexity index is 1570. The first-order chi connectivity index (χ1) is 17.1. The minimum atomic E-state index is -2.58. The fourth-order valence-electron chi connectivity index (χ4n) is 3.80. The average molecular weight is 526 g/mol. The third kappa shape index (κ3) is 4.82. The van der Waals surface area contributed by atoms with Crippen molar-refractivity contribution >= 4 is 40.9 Å². The van der Waals surface area contributed by atoms with E-state index >= 15 is 4.39 Å². The molecule has 0 aliphatic heterocycles. The van der Waals surface area contributed by atoms with Crippen molar-refractivity contribution in [3.63, 3.8) is 0 Å². The Hall–Kier alpha value is -3.40. The Morgan fingerprint density at radius 3 is 2.56 bits per heavy atom. The molecule has 184 valence electrons. The standard InChI is InChI=1S/C26H23ClF2N5OP/c1-5-36(4,35)22-9-7-17(13-31-22)24-20(29)11-21-25(34-24)26(23(27)15(3)32-21)33-14(2)18-10-16(12-30)6-8-19(18)28/h6-11,13-14H,5H2,1-4H3,(H,32,33)/t14-,36-/m1/s1. The highest BCUT2D eigenvalue weighted by Gasteiger charge is 2.21. The van der Waals surface area contributed by atoms with Crippen molar-refractivity contribution in [2.24, 2.45) is 0 Å². The van der Waals surface area contributed by atoms with Crippen LogP contribution in [-0.4, -0.2) is 27.8 Å². The van der Waals surface area contributed by atoms with Gasteiger partial charge in [0.1, 0.15) is 24.2 Å². The maximum absolute atomic E-state index is 15.1. The van der Waals surface area contributed by atoms with E-state index in [0.717, 1.165) is 0 Å². The molecule has 1 aromatic carbocycles. The summed E-state index contributed by atoms with van der Waals surface area (Å²) >= 11 is 6.58. The van der Waals surface area contributed by atoms with E-state index in [0.29, 0.717) is 39.6 Å². The van der Waals surface area contributed by atoms with Crippen molar-refractivity contribution < 1.29 is 13.3 Å². The second kappa shape index (κ2) is 9.93. The van der Waals surface area contributed by atoms with Crippen LogP contribution in [0, 0.1) is 29.9 Å². The summed E-state index contributed by atoms with van der Waals surface area (Å²) in [5.74, 6) is -1.08. The largest absolute Gasteiger partial charge is 0.375 e. The molecule has 3 aromatic heterocycles. The molecule has 6 nitrogen and oxygen atoms in total. The Morgan fingerprint density at radius 1 is 1.17 bits per heavy atom. The summed E-state index contributed by atoms with van der Waals surface area (Å²) in [6, 6.07) is 10.0. The number of nitrogens with one attached hydrogen (secondary N) is 1. The summed E-state index contributed by atoms with van der Waals surface area (Å²) in [5.41, 5.74) is 2.86. The van der Waals surface area contributed by atoms with Crippen molar-refractivity contribution in [2.75, 3.05) is 18.1 Å². The van der Waals surface area contributed by atoms with E-state index in [4.69, 9.17) is 11.6 Å². The van der Waals surface area contributed by atoms with Crippen LogP contribution in [0.5, 0.6) is 0 Å². The van der Waals surface area contributed by atoms with E-state index in [9.17, 15) is 14.2 Å². The number of anilines is 1. The smallest absolute Gasteiger partial charge is 0.151 e. The molecule has 0 bridgehead atoms. The molecule has 0 aliphatic rings. The summed E-state index contributed by atoms with van der Waals surface area (Å²) in [6.45, 7) is 6.90. The van der Waals surface area contributed by atoms with Crippen molar-refractivity contribution in [2.45, 2.75) is 26.8 Å². The monoisotopic (exact) mass is 525 g/mol. The molecular formula is C26H23ClF2N5OP. The third-order valence-corrected chi connectivity index (χ3v) is 8.98. The van der Waals surface area contributed by atoms with Gasteiger partial charge in [-0.05, 0) is 50.8 Å². The maximum atomic E-state index is 15.1. The highest BCUT2D eigenvalue weighted by molar-refractivity contribution is 7.70. The van der Waals surface area contributed by atoms with Crippen LogP contribution in [0.2, 0.25) is 5.02 Å². The average Bonchev–Trinajstić information content (AvgIpc) is 2.86. The first kappa shape index (κ1) is 25.7. The van der Waals surface area contributed by atoms with Gasteiger partial charge in [-0.3, -0.25) is 4.98 Å². The predicted molar refractivity (Wildman–Crippen MR) is 139 cm³/mol. The SMILES string of the molecule is CC[P@@](C)(=O)c1ccc(-c2nc3c(N[C@H](C)c4cc(C#N)ccc4F)c(Cl)c(C)nc3cc2F)cn1. The Balaban J connectivity index is 1.83. The summed E-state index contributed by atoms with van der Waals surface area (Å²) in [6.07, 6.45) is 1.91. The number of aromatic nitrogens is 3. The van der Waals surface area contributed by atoms with E-state index < -0.39 is 24.8 Å². The van der Waals surface area contributed by atoms with Crippen molar-refractivity contribution in [3.05, 3.63) is 76.1 Å². The second-order valence-electron chi connectivity index (χ2n) is 8.61. The van der Waals surface area contributed by atoms with Gasteiger partial charge < -0.3 is 9.88 Å². The Labute approximate surface area is 212 Å². The number of fused-ring (bicyclic) bond motifs is 1. The van der Waals surface area contributed by atoms with Crippen LogP contribution >= 0.6 is 18.7 Å². The molecule has 0 radical (unpaired) electrons. The molecule has 4 rings (SSSR count). The van der Waals surface area contributed by atoms with Crippen LogP contribution in [0.3, 0.4) is 0 Å². The lowest BCUT2D eigenvalue weighted by Gasteiger charge is -2.20. The molecule has 0 aliphatic carbocycles. The van der Waals surface area contributed by atoms with E-state index in [1.807, 2.05) is 13.0 Å². The zero-order chi connectivity index (χ0) is 26.2. The lowest BCUT2D eigenvalue weighted by molar-refractivity contribution is 0.585. The van der Waals surface area contributed by atoms with Gasteiger partial charge in [-0.2, -0.15) is 5.26 Å². The molecule has 4 aromatic rings. The highest BCUT2D eigenvalue weighted by Crippen LogP contribution is 2.39. The molecule has 0 saturated carbocycles. The molecule has 0 unspecified atom stereocenters. The third-order valence-electron chi connectivity index (χ3n) is 6.08. The fraction of sp³-hybridized carbons (Fsp3) is 0.231. The number of benzene rings is 1. The quantitative estimate of drug-likeness (QED) is 0.285. The molecule has 2 atom stereocenters. The minimum absolute atomic E-state index is 0.0269. The molecule has 10 heteroatoms. The Morgan fingerprint density at radius 2 is 1.92 bits per heavy atom. The first-order valence-electron chi connectivity index (χ1n) is 11.2. The lowest BCUT2D eigenvalue weighted by atomic mass is 10.0. The number of pyridine rings is 3. The molecule has 0 saturated heterocycles. The van der Waals surface area contributed by atoms with Crippen LogP contribution in [0.4, 0.5) is 14.5 Å². The number of aryl methyl sites for hydroxylation is 1. The molecule has 36 heavy (non-hydrogen) atoms. The minimum Gasteiger partial charge on any atom is -0.375 e. The summed E-state index contributed by atoms with van der Waals surface area (Å²) in [5, 5.41) is 12.6. The lowest BCUT2D eigenvalue weighted by Crippen LogP contribution is -2.12. The zero-order valence-corrected chi connectivity index (χ0v) is 21.8. The van der Waals surface area contributed by atoms with Gasteiger partial charge in [-0.15, -0.1) is 0 Å². The number of hydrogen-bond acceptors (Lipinski definition) is 6. The molecule has 1 N–H and O–H groups in total. The Kier molecular flexibility index (Phi) is 7.08. The van der Waals surface area contributed by atoms with Gasteiger partial charge >= 0.3 is 0 Å². The van der Waals surface area contributed by atoms with Gasteiger partial charge in [-0.25, -0.2) is 18.7 Å². The van der Waals surface area contributed by atoms with Crippen LogP contribution in [-0.2, 0) is 4.57 Å². The first-order valence-corrected chi connectivity index (χ1v) is 13.9. The van der Waals surface area contributed by atoms with Gasteiger partial charge in [-0.1, -0.05) is 18.5 Å². The van der Waals surface area contributed by atoms with Crippen molar-refractivity contribution in [3.8, 4) is 17.3 Å². The number of rotatable bonds is 6.